The number of hydrogen-bond acceptors (Lipinski definition) is 6. The zero-order valence-corrected chi connectivity index (χ0v) is 20.4. The SMILES string of the molecule is N=C(N)c1cccc(C[C@](N)(C(=O)N2CCCCC2C(=O)O)S(=O)(=O)c2ccc3ccccc3c2)c1. The van der Waals surface area contributed by atoms with E-state index < -0.39 is 39.0 Å². The van der Waals surface area contributed by atoms with Crippen LogP contribution < -0.4 is 11.5 Å². The molecule has 1 amide bonds. The van der Waals surface area contributed by atoms with Crippen LogP contribution in [0.3, 0.4) is 0 Å². The zero-order valence-electron chi connectivity index (χ0n) is 19.6. The van der Waals surface area contributed by atoms with Crippen molar-refractivity contribution in [1.82, 2.24) is 4.90 Å². The van der Waals surface area contributed by atoms with Crippen molar-refractivity contribution >= 4 is 38.3 Å². The Morgan fingerprint density at radius 3 is 2.44 bits per heavy atom. The van der Waals surface area contributed by atoms with E-state index in [1.54, 1.807) is 36.4 Å². The summed E-state index contributed by atoms with van der Waals surface area (Å²) >= 11 is 0. The lowest BCUT2D eigenvalue weighted by Gasteiger charge is -2.39. The van der Waals surface area contributed by atoms with Crippen molar-refractivity contribution < 1.29 is 23.1 Å². The van der Waals surface area contributed by atoms with Crippen LogP contribution in [-0.4, -0.2) is 53.6 Å². The monoisotopic (exact) mass is 508 g/mol. The van der Waals surface area contributed by atoms with Gasteiger partial charge >= 0.3 is 5.97 Å². The van der Waals surface area contributed by atoms with Crippen molar-refractivity contribution in [2.75, 3.05) is 6.54 Å². The molecule has 0 bridgehead atoms. The summed E-state index contributed by atoms with van der Waals surface area (Å²) in [6.45, 7) is 0.0927. The minimum Gasteiger partial charge on any atom is -0.480 e. The summed E-state index contributed by atoms with van der Waals surface area (Å²) in [7, 11) is -4.51. The molecule has 1 saturated heterocycles. The van der Waals surface area contributed by atoms with Crippen molar-refractivity contribution in [3.8, 4) is 0 Å². The zero-order chi connectivity index (χ0) is 26.1. The number of benzene rings is 3. The van der Waals surface area contributed by atoms with Gasteiger partial charge < -0.3 is 21.5 Å². The lowest BCUT2D eigenvalue weighted by Crippen LogP contribution is -2.64. The van der Waals surface area contributed by atoms with E-state index in [1.165, 1.54) is 18.2 Å². The molecule has 9 nitrogen and oxygen atoms in total. The first kappa shape index (κ1) is 25.3. The number of nitrogens with zero attached hydrogens (tertiary/aromatic N) is 1. The number of nitrogen functional groups attached to an aromatic ring is 1. The maximum absolute atomic E-state index is 14.1. The van der Waals surface area contributed by atoms with E-state index in [0.29, 0.717) is 29.4 Å². The molecule has 4 rings (SSSR count). The van der Waals surface area contributed by atoms with E-state index in [2.05, 4.69) is 0 Å². The lowest BCUT2D eigenvalue weighted by molar-refractivity contribution is -0.153. The van der Waals surface area contributed by atoms with Crippen LogP contribution >= 0.6 is 0 Å². The highest BCUT2D eigenvalue weighted by atomic mass is 32.2. The van der Waals surface area contributed by atoms with E-state index >= 15 is 0 Å². The molecule has 1 aliphatic rings. The fourth-order valence-corrected chi connectivity index (χ4v) is 6.31. The number of fused-ring (bicyclic) bond motifs is 1. The van der Waals surface area contributed by atoms with E-state index in [0.717, 1.165) is 10.3 Å². The minimum absolute atomic E-state index is 0.0927. The summed E-state index contributed by atoms with van der Waals surface area (Å²) in [5.41, 5.74) is 12.9. The molecule has 6 N–H and O–H groups in total. The summed E-state index contributed by atoms with van der Waals surface area (Å²) in [6, 6.07) is 16.9. The van der Waals surface area contributed by atoms with Gasteiger partial charge in [-0.3, -0.25) is 10.2 Å². The number of carbonyl (C=O) groups excluding carboxylic acids is 1. The van der Waals surface area contributed by atoms with Gasteiger partial charge in [0.2, 0.25) is 14.7 Å². The van der Waals surface area contributed by atoms with E-state index in [-0.39, 0.29) is 23.7 Å². The van der Waals surface area contributed by atoms with Crippen molar-refractivity contribution in [2.24, 2.45) is 11.5 Å². The molecule has 1 aliphatic heterocycles. The molecular formula is C26H28N4O5S. The van der Waals surface area contributed by atoms with E-state index in [4.69, 9.17) is 16.9 Å². The molecular weight excluding hydrogens is 480 g/mol. The second-order valence-corrected chi connectivity index (χ2v) is 11.2. The first-order chi connectivity index (χ1) is 17.0. The van der Waals surface area contributed by atoms with Gasteiger partial charge in [0.05, 0.1) is 4.90 Å². The summed E-state index contributed by atoms with van der Waals surface area (Å²) in [5.74, 6) is -2.38. The fourth-order valence-electron chi connectivity index (χ4n) is 4.66. The highest BCUT2D eigenvalue weighted by Gasteiger charge is 2.52. The average molecular weight is 509 g/mol. The number of nitrogens with one attached hydrogen (secondary N) is 1. The third-order valence-electron chi connectivity index (χ3n) is 6.63. The third kappa shape index (κ3) is 4.57. The van der Waals surface area contributed by atoms with Crippen LogP contribution in [0.1, 0.15) is 30.4 Å². The number of amidine groups is 1. The summed E-state index contributed by atoms with van der Waals surface area (Å²) < 4.78 is 28.2. The molecule has 0 aliphatic carbocycles. The molecule has 1 unspecified atom stereocenters. The Kier molecular flexibility index (Phi) is 6.83. The van der Waals surface area contributed by atoms with Gasteiger partial charge in [-0.25, -0.2) is 13.2 Å². The quantitative estimate of drug-likeness (QED) is 0.280. The molecule has 0 aromatic heterocycles. The summed E-state index contributed by atoms with van der Waals surface area (Å²) in [4.78, 5) is 24.3. The van der Waals surface area contributed by atoms with Crippen LogP contribution in [-0.2, 0) is 25.8 Å². The highest BCUT2D eigenvalue weighted by molar-refractivity contribution is 7.93. The molecule has 1 fully saturated rings. The van der Waals surface area contributed by atoms with Gasteiger partial charge in [-0.1, -0.05) is 48.5 Å². The van der Waals surface area contributed by atoms with Crippen molar-refractivity contribution in [3.63, 3.8) is 0 Å². The molecule has 3 aromatic rings. The standard InChI is InChI=1S/C26H28N4O5S/c27-23(28)20-9-5-6-17(14-20)16-26(29,25(33)30-13-4-3-10-22(30)24(31)32)36(34,35)21-12-11-18-7-1-2-8-19(18)15-21/h1-2,5-9,11-12,14-15,22H,3-4,10,13,16,29H2,(H3,27,28)(H,31,32)/t22?,26-/m1/s1. The van der Waals surface area contributed by atoms with E-state index in [1.807, 2.05) is 12.1 Å². The number of amides is 1. The number of piperidine rings is 1. The van der Waals surface area contributed by atoms with Gasteiger partial charge in [-0.15, -0.1) is 0 Å². The third-order valence-corrected chi connectivity index (χ3v) is 8.78. The Morgan fingerprint density at radius 2 is 1.75 bits per heavy atom. The molecule has 1 heterocycles. The lowest BCUT2D eigenvalue weighted by atomic mass is 9.98. The largest absolute Gasteiger partial charge is 0.480 e. The molecule has 0 spiro atoms. The Bertz CT molecular complexity index is 1460. The van der Waals surface area contributed by atoms with Crippen molar-refractivity contribution in [3.05, 3.63) is 77.9 Å². The molecule has 0 radical (unpaired) electrons. The van der Waals surface area contributed by atoms with Crippen LogP contribution in [0.4, 0.5) is 0 Å². The maximum Gasteiger partial charge on any atom is 0.326 e. The molecule has 3 aromatic carbocycles. The number of nitrogens with two attached hydrogens (primary N) is 2. The number of carboxylic acid groups (broad SMARTS) is 1. The summed E-state index contributed by atoms with van der Waals surface area (Å²) in [5, 5.41) is 18.9. The number of likely N-dealkylation sites (tertiary alicyclic amines) is 1. The predicted octanol–water partition coefficient (Wildman–Crippen LogP) is 2.26. The number of hydrogen-bond donors (Lipinski definition) is 4. The average Bonchev–Trinajstić information content (AvgIpc) is 2.87. The Balaban J connectivity index is 1.86. The molecule has 10 heteroatoms. The van der Waals surface area contributed by atoms with Crippen LogP contribution in [0, 0.1) is 5.41 Å². The Labute approximate surface area is 209 Å². The first-order valence-corrected chi connectivity index (χ1v) is 13.0. The number of carboxylic acids is 1. The van der Waals surface area contributed by atoms with Crippen molar-refractivity contribution in [2.45, 2.75) is 41.5 Å². The Hall–Kier alpha value is -3.76. The second-order valence-electron chi connectivity index (χ2n) is 9.04. The number of carbonyl (C=O) groups is 2. The molecule has 2 atom stereocenters. The highest BCUT2D eigenvalue weighted by Crippen LogP contribution is 2.32. The number of sulfone groups is 1. The molecule has 36 heavy (non-hydrogen) atoms. The number of rotatable bonds is 7. The van der Waals surface area contributed by atoms with Gasteiger partial charge in [-0.05, 0) is 53.8 Å². The first-order valence-electron chi connectivity index (χ1n) is 11.5. The van der Waals surface area contributed by atoms with Crippen LogP contribution in [0.25, 0.3) is 10.8 Å². The number of aliphatic carboxylic acids is 1. The topological polar surface area (TPSA) is 168 Å². The maximum atomic E-state index is 14.1. The Morgan fingerprint density at radius 1 is 1.03 bits per heavy atom. The van der Waals surface area contributed by atoms with Gasteiger partial charge in [0.1, 0.15) is 11.9 Å². The second kappa shape index (κ2) is 9.71. The fraction of sp³-hybridized carbons (Fsp3) is 0.269. The predicted molar refractivity (Wildman–Crippen MR) is 136 cm³/mol. The van der Waals surface area contributed by atoms with Gasteiger partial charge in [0.15, 0.2) is 0 Å². The normalized spacial score (nSPS) is 17.9. The van der Waals surface area contributed by atoms with Gasteiger partial charge in [0.25, 0.3) is 5.91 Å². The van der Waals surface area contributed by atoms with Gasteiger partial charge in [0, 0.05) is 18.5 Å². The van der Waals surface area contributed by atoms with Crippen LogP contribution in [0.5, 0.6) is 0 Å². The van der Waals surface area contributed by atoms with Crippen molar-refractivity contribution in [1.29, 1.82) is 5.41 Å². The molecule has 188 valence electrons. The summed E-state index contributed by atoms with van der Waals surface area (Å²) in [6.07, 6.45) is 0.940. The molecule has 0 saturated carbocycles. The smallest absolute Gasteiger partial charge is 0.326 e. The van der Waals surface area contributed by atoms with Crippen LogP contribution in [0.2, 0.25) is 0 Å². The van der Waals surface area contributed by atoms with Crippen LogP contribution in [0.15, 0.2) is 71.6 Å². The minimum atomic E-state index is -4.51. The van der Waals surface area contributed by atoms with Gasteiger partial charge in [-0.2, -0.15) is 0 Å². The van der Waals surface area contributed by atoms with E-state index in [9.17, 15) is 23.1 Å².